The fraction of sp³-hybridized carbons (Fsp3) is 0.400. The lowest BCUT2D eigenvalue weighted by atomic mass is 10.1. The first-order valence-corrected chi connectivity index (χ1v) is 9.84. The van der Waals surface area contributed by atoms with E-state index < -0.39 is 0 Å². The van der Waals surface area contributed by atoms with E-state index in [9.17, 15) is 9.59 Å². The standard InChI is InChI=1S/C20H25N3O2S/c1-22-10-12-23(13-11-22)15-19(24)16-4-6-17(7-5-16)21-20(25)9-8-18-3-2-14-26-18/h2-7,14H,8-13,15H2,1H3,(H,21,25). The lowest BCUT2D eigenvalue weighted by molar-refractivity contribution is -0.116. The summed E-state index contributed by atoms with van der Waals surface area (Å²) in [5.41, 5.74) is 1.43. The number of nitrogens with zero attached hydrogens (tertiary/aromatic N) is 2. The van der Waals surface area contributed by atoms with Crippen molar-refractivity contribution in [3.05, 3.63) is 52.2 Å². The van der Waals surface area contributed by atoms with Crippen LogP contribution in [0.25, 0.3) is 0 Å². The van der Waals surface area contributed by atoms with Crippen LogP contribution in [0.5, 0.6) is 0 Å². The molecular formula is C20H25N3O2S. The molecule has 1 fully saturated rings. The number of Topliss-reactive ketones (excluding diaryl/α,β-unsaturated/α-hetero) is 1. The van der Waals surface area contributed by atoms with Crippen LogP contribution in [0.1, 0.15) is 21.7 Å². The van der Waals surface area contributed by atoms with E-state index in [0.717, 1.165) is 38.3 Å². The van der Waals surface area contributed by atoms with Gasteiger partial charge in [-0.3, -0.25) is 14.5 Å². The van der Waals surface area contributed by atoms with Crippen molar-refractivity contribution in [3.8, 4) is 0 Å². The summed E-state index contributed by atoms with van der Waals surface area (Å²) in [6, 6.07) is 11.2. The Bertz CT molecular complexity index is 720. The molecule has 1 saturated heterocycles. The molecule has 0 aliphatic carbocycles. The maximum Gasteiger partial charge on any atom is 0.224 e. The van der Waals surface area contributed by atoms with Crippen molar-refractivity contribution in [1.82, 2.24) is 9.80 Å². The number of rotatable bonds is 7. The third kappa shape index (κ3) is 5.49. The van der Waals surface area contributed by atoms with E-state index in [1.165, 1.54) is 4.88 Å². The second-order valence-corrected chi connectivity index (χ2v) is 7.74. The summed E-state index contributed by atoms with van der Waals surface area (Å²) in [5.74, 6) is 0.125. The minimum absolute atomic E-state index is 0.00471. The number of hydrogen-bond acceptors (Lipinski definition) is 5. The maximum absolute atomic E-state index is 12.4. The van der Waals surface area contributed by atoms with Gasteiger partial charge in [0.2, 0.25) is 5.91 Å². The molecular weight excluding hydrogens is 346 g/mol. The number of ketones is 1. The van der Waals surface area contributed by atoms with Crippen molar-refractivity contribution < 1.29 is 9.59 Å². The number of anilines is 1. The highest BCUT2D eigenvalue weighted by Gasteiger charge is 2.17. The first-order chi connectivity index (χ1) is 12.6. The van der Waals surface area contributed by atoms with Crippen LogP contribution in [0.2, 0.25) is 0 Å². The van der Waals surface area contributed by atoms with Crippen LogP contribution in [0, 0.1) is 0 Å². The van der Waals surface area contributed by atoms with E-state index in [2.05, 4.69) is 22.2 Å². The molecule has 1 aromatic carbocycles. The SMILES string of the molecule is CN1CCN(CC(=O)c2ccc(NC(=O)CCc3cccs3)cc2)CC1. The summed E-state index contributed by atoms with van der Waals surface area (Å²) in [4.78, 5) is 30.1. The van der Waals surface area contributed by atoms with E-state index in [1.807, 2.05) is 17.5 Å². The fourth-order valence-corrected chi connectivity index (χ4v) is 3.66. The maximum atomic E-state index is 12.4. The number of thiophene rings is 1. The van der Waals surface area contributed by atoms with Gasteiger partial charge in [0.05, 0.1) is 6.54 Å². The summed E-state index contributed by atoms with van der Waals surface area (Å²) in [6.45, 7) is 4.33. The van der Waals surface area contributed by atoms with Crippen molar-refractivity contribution in [2.45, 2.75) is 12.8 Å². The van der Waals surface area contributed by atoms with Gasteiger partial charge in [-0.05, 0) is 49.2 Å². The molecule has 3 rings (SSSR count). The Morgan fingerprint density at radius 1 is 1.08 bits per heavy atom. The van der Waals surface area contributed by atoms with Crippen LogP contribution in [0.3, 0.4) is 0 Å². The Kier molecular flexibility index (Phi) is 6.55. The second kappa shape index (κ2) is 9.07. The van der Waals surface area contributed by atoms with E-state index in [4.69, 9.17) is 0 Å². The Balaban J connectivity index is 1.46. The van der Waals surface area contributed by atoms with Crippen LogP contribution in [-0.2, 0) is 11.2 Å². The molecule has 1 aliphatic heterocycles. The minimum atomic E-state index is -0.00471. The van der Waals surface area contributed by atoms with Gasteiger partial charge in [0, 0.05) is 48.7 Å². The Hall–Kier alpha value is -2.02. The van der Waals surface area contributed by atoms with E-state index in [0.29, 0.717) is 18.5 Å². The highest BCUT2D eigenvalue weighted by Crippen LogP contribution is 2.14. The average Bonchev–Trinajstić information content (AvgIpc) is 3.16. The molecule has 0 spiro atoms. The van der Waals surface area contributed by atoms with E-state index in [-0.39, 0.29) is 11.7 Å². The van der Waals surface area contributed by atoms with Gasteiger partial charge < -0.3 is 10.2 Å². The summed E-state index contributed by atoms with van der Waals surface area (Å²) >= 11 is 1.67. The number of benzene rings is 1. The van der Waals surface area contributed by atoms with Gasteiger partial charge in [-0.25, -0.2) is 0 Å². The molecule has 138 valence electrons. The second-order valence-electron chi connectivity index (χ2n) is 6.71. The lowest BCUT2D eigenvalue weighted by Gasteiger charge is -2.31. The molecule has 1 N–H and O–H groups in total. The molecule has 2 aromatic rings. The third-order valence-electron chi connectivity index (χ3n) is 4.63. The predicted octanol–water partition coefficient (Wildman–Crippen LogP) is 2.75. The van der Waals surface area contributed by atoms with Crippen LogP contribution in [-0.4, -0.2) is 61.3 Å². The molecule has 2 heterocycles. The fourth-order valence-electron chi connectivity index (χ4n) is 2.95. The molecule has 1 amide bonds. The molecule has 1 aromatic heterocycles. The molecule has 26 heavy (non-hydrogen) atoms. The number of hydrogen-bond donors (Lipinski definition) is 1. The first-order valence-electron chi connectivity index (χ1n) is 8.96. The molecule has 0 unspecified atom stereocenters. The highest BCUT2D eigenvalue weighted by molar-refractivity contribution is 7.09. The Labute approximate surface area is 158 Å². The van der Waals surface area contributed by atoms with Crippen molar-refractivity contribution in [2.24, 2.45) is 0 Å². The average molecular weight is 372 g/mol. The molecule has 0 bridgehead atoms. The first kappa shape index (κ1) is 18.8. The predicted molar refractivity (Wildman–Crippen MR) is 106 cm³/mol. The van der Waals surface area contributed by atoms with Crippen molar-refractivity contribution in [2.75, 3.05) is 45.1 Å². The minimum Gasteiger partial charge on any atom is -0.326 e. The normalized spacial score (nSPS) is 15.7. The lowest BCUT2D eigenvalue weighted by Crippen LogP contribution is -2.46. The highest BCUT2D eigenvalue weighted by atomic mass is 32.1. The molecule has 0 atom stereocenters. The van der Waals surface area contributed by atoms with Gasteiger partial charge in [0.1, 0.15) is 0 Å². The number of aryl methyl sites for hydroxylation is 1. The number of carbonyl (C=O) groups excluding carboxylic acids is 2. The van der Waals surface area contributed by atoms with Crippen molar-refractivity contribution >= 4 is 28.7 Å². The van der Waals surface area contributed by atoms with Crippen LogP contribution < -0.4 is 5.32 Å². The summed E-state index contributed by atoms with van der Waals surface area (Å²) in [5, 5.41) is 4.91. The topological polar surface area (TPSA) is 52.6 Å². The van der Waals surface area contributed by atoms with Gasteiger partial charge in [-0.2, -0.15) is 0 Å². The zero-order valence-corrected chi connectivity index (χ0v) is 15.9. The quantitative estimate of drug-likeness (QED) is 0.761. The zero-order valence-electron chi connectivity index (χ0n) is 15.1. The zero-order chi connectivity index (χ0) is 18.4. The van der Waals surface area contributed by atoms with E-state index in [1.54, 1.807) is 35.6 Å². The van der Waals surface area contributed by atoms with Gasteiger partial charge in [-0.15, -0.1) is 11.3 Å². The molecule has 1 aliphatic rings. The molecule has 6 heteroatoms. The number of piperazine rings is 1. The van der Waals surface area contributed by atoms with Gasteiger partial charge in [-0.1, -0.05) is 6.07 Å². The Morgan fingerprint density at radius 3 is 2.46 bits per heavy atom. The van der Waals surface area contributed by atoms with Gasteiger partial charge >= 0.3 is 0 Å². The number of amides is 1. The van der Waals surface area contributed by atoms with Crippen molar-refractivity contribution in [1.29, 1.82) is 0 Å². The number of carbonyl (C=O) groups is 2. The number of nitrogens with one attached hydrogen (secondary N) is 1. The molecule has 0 saturated carbocycles. The largest absolute Gasteiger partial charge is 0.326 e. The summed E-state index contributed by atoms with van der Waals surface area (Å²) in [6.07, 6.45) is 1.22. The Morgan fingerprint density at radius 2 is 1.81 bits per heavy atom. The smallest absolute Gasteiger partial charge is 0.224 e. The molecule has 0 radical (unpaired) electrons. The van der Waals surface area contributed by atoms with Gasteiger partial charge in [0.15, 0.2) is 5.78 Å². The number of likely N-dealkylation sites (N-methyl/N-ethyl adjacent to an activating group) is 1. The monoisotopic (exact) mass is 371 g/mol. The van der Waals surface area contributed by atoms with E-state index >= 15 is 0 Å². The van der Waals surface area contributed by atoms with Crippen molar-refractivity contribution in [3.63, 3.8) is 0 Å². The summed E-state index contributed by atoms with van der Waals surface area (Å²) in [7, 11) is 2.10. The van der Waals surface area contributed by atoms with Crippen LogP contribution in [0.4, 0.5) is 5.69 Å². The van der Waals surface area contributed by atoms with Crippen LogP contribution in [0.15, 0.2) is 41.8 Å². The third-order valence-corrected chi connectivity index (χ3v) is 5.57. The summed E-state index contributed by atoms with van der Waals surface area (Å²) < 4.78 is 0. The van der Waals surface area contributed by atoms with Crippen LogP contribution >= 0.6 is 11.3 Å². The molecule has 5 nitrogen and oxygen atoms in total. The van der Waals surface area contributed by atoms with Gasteiger partial charge in [0.25, 0.3) is 0 Å².